The van der Waals surface area contributed by atoms with E-state index in [1.165, 1.54) is 0 Å². The fraction of sp³-hybridized carbons (Fsp3) is 0.0400. The molecular weight excluding hydrogens is 348 g/mol. The molecule has 3 heteroatoms. The number of carbonyl (C=O) groups excluding carboxylic acids is 2. The Balaban J connectivity index is 1.81. The second-order valence-corrected chi connectivity index (χ2v) is 6.31. The predicted octanol–water partition coefficient (Wildman–Crippen LogP) is 5.65. The van der Waals surface area contributed by atoms with E-state index in [0.717, 1.165) is 28.3 Å². The zero-order chi connectivity index (χ0) is 19.9. The van der Waals surface area contributed by atoms with Crippen LogP contribution in [-0.4, -0.2) is 11.8 Å². The zero-order valence-corrected chi connectivity index (χ0v) is 15.6. The lowest BCUT2D eigenvalue weighted by molar-refractivity contribution is -0.128. The first-order valence-corrected chi connectivity index (χ1v) is 8.89. The number of benzene rings is 3. The first-order chi connectivity index (χ1) is 13.6. The second-order valence-electron chi connectivity index (χ2n) is 6.31. The summed E-state index contributed by atoms with van der Waals surface area (Å²) in [5.74, 6) is -0.0416. The topological polar surface area (TPSA) is 43.4 Å². The van der Waals surface area contributed by atoms with Crippen molar-refractivity contribution in [1.82, 2.24) is 0 Å². The van der Waals surface area contributed by atoms with Crippen LogP contribution in [0.15, 0.2) is 91.5 Å². The van der Waals surface area contributed by atoms with Gasteiger partial charge in [0.1, 0.15) is 5.75 Å². The molecule has 0 aliphatic rings. The monoisotopic (exact) mass is 368 g/mol. The maximum absolute atomic E-state index is 12.2. The number of ether oxygens (including phenoxy) is 1. The molecule has 0 unspecified atom stereocenters. The third-order valence-electron chi connectivity index (χ3n) is 4.22. The van der Waals surface area contributed by atoms with Gasteiger partial charge in [-0.25, -0.2) is 4.79 Å². The van der Waals surface area contributed by atoms with Gasteiger partial charge in [-0.1, -0.05) is 79.4 Å². The van der Waals surface area contributed by atoms with Crippen molar-refractivity contribution in [1.29, 1.82) is 0 Å². The van der Waals surface area contributed by atoms with E-state index in [2.05, 4.69) is 6.58 Å². The molecule has 0 atom stereocenters. The number of aryl methyl sites for hydroxylation is 1. The summed E-state index contributed by atoms with van der Waals surface area (Å²) in [7, 11) is 0. The van der Waals surface area contributed by atoms with Gasteiger partial charge in [-0.3, -0.25) is 4.79 Å². The highest BCUT2D eigenvalue weighted by atomic mass is 16.5. The summed E-state index contributed by atoms with van der Waals surface area (Å²) >= 11 is 0. The molecule has 3 rings (SSSR count). The minimum atomic E-state index is -0.495. The van der Waals surface area contributed by atoms with E-state index in [4.69, 9.17) is 4.74 Å². The van der Waals surface area contributed by atoms with Crippen molar-refractivity contribution >= 4 is 17.8 Å². The van der Waals surface area contributed by atoms with E-state index >= 15 is 0 Å². The van der Waals surface area contributed by atoms with Crippen LogP contribution in [0.2, 0.25) is 0 Å². The highest BCUT2D eigenvalue weighted by Gasteiger charge is 2.09. The Morgan fingerprint density at radius 2 is 1.64 bits per heavy atom. The van der Waals surface area contributed by atoms with Gasteiger partial charge in [0.25, 0.3) is 0 Å². The van der Waals surface area contributed by atoms with Crippen molar-refractivity contribution in [3.8, 4) is 16.9 Å². The number of hydrogen-bond acceptors (Lipinski definition) is 3. The van der Waals surface area contributed by atoms with Crippen LogP contribution in [0.4, 0.5) is 0 Å². The molecule has 3 aromatic carbocycles. The maximum atomic E-state index is 12.2. The molecule has 0 saturated carbocycles. The van der Waals surface area contributed by atoms with Gasteiger partial charge in [0, 0.05) is 17.2 Å². The van der Waals surface area contributed by atoms with E-state index < -0.39 is 5.97 Å². The van der Waals surface area contributed by atoms with Crippen molar-refractivity contribution in [2.45, 2.75) is 6.92 Å². The van der Waals surface area contributed by atoms with Gasteiger partial charge in [0.2, 0.25) is 0 Å². The third kappa shape index (κ3) is 4.71. The molecule has 0 heterocycles. The quantitative estimate of drug-likeness (QED) is 0.244. The number of rotatable bonds is 6. The normalized spacial score (nSPS) is 10.6. The standard InChI is InChI=1S/C25H20O3/c1-3-25(27)28-24-17-18(2)9-15-22(24)20-13-10-19(11-14-20)12-16-23(26)21-7-5-4-6-8-21/h3-17H,1H2,2H3. The van der Waals surface area contributed by atoms with Gasteiger partial charge in [-0.05, 0) is 35.8 Å². The molecule has 0 saturated heterocycles. The van der Waals surface area contributed by atoms with E-state index in [1.807, 2.05) is 67.6 Å². The number of esters is 1. The van der Waals surface area contributed by atoms with Crippen LogP contribution in [-0.2, 0) is 4.79 Å². The first kappa shape index (κ1) is 19.1. The summed E-state index contributed by atoms with van der Waals surface area (Å²) in [6.07, 6.45) is 4.49. The number of ketones is 1. The Hall–Kier alpha value is -3.72. The Morgan fingerprint density at radius 3 is 2.32 bits per heavy atom. The van der Waals surface area contributed by atoms with E-state index in [-0.39, 0.29) is 5.78 Å². The first-order valence-electron chi connectivity index (χ1n) is 8.89. The van der Waals surface area contributed by atoms with Crippen LogP contribution in [0.25, 0.3) is 17.2 Å². The Kier molecular flexibility index (Phi) is 5.97. The van der Waals surface area contributed by atoms with E-state index in [9.17, 15) is 9.59 Å². The molecule has 3 aromatic rings. The smallest absolute Gasteiger partial charge is 0.335 e. The fourth-order valence-electron chi connectivity index (χ4n) is 2.75. The third-order valence-corrected chi connectivity index (χ3v) is 4.22. The predicted molar refractivity (Wildman–Crippen MR) is 112 cm³/mol. The molecule has 0 amide bonds. The molecule has 0 aromatic heterocycles. The van der Waals surface area contributed by atoms with Gasteiger partial charge in [-0.15, -0.1) is 0 Å². The Labute approximate surface area is 164 Å². The van der Waals surface area contributed by atoms with Crippen molar-refractivity contribution < 1.29 is 14.3 Å². The molecule has 0 bridgehead atoms. The van der Waals surface area contributed by atoms with Crippen molar-refractivity contribution in [3.05, 3.63) is 108 Å². The molecular formula is C25H20O3. The van der Waals surface area contributed by atoms with Crippen molar-refractivity contribution in [3.63, 3.8) is 0 Å². The van der Waals surface area contributed by atoms with Crippen molar-refractivity contribution in [2.24, 2.45) is 0 Å². The van der Waals surface area contributed by atoms with Crippen LogP contribution < -0.4 is 4.74 Å². The Bertz CT molecular complexity index is 1030. The van der Waals surface area contributed by atoms with E-state index in [1.54, 1.807) is 24.3 Å². The summed E-state index contributed by atoms with van der Waals surface area (Å²) in [6.45, 7) is 5.38. The van der Waals surface area contributed by atoms with Crippen LogP contribution in [0.3, 0.4) is 0 Å². The molecule has 0 aliphatic heterocycles. The van der Waals surface area contributed by atoms with Crippen LogP contribution >= 0.6 is 0 Å². The average molecular weight is 368 g/mol. The molecule has 138 valence electrons. The van der Waals surface area contributed by atoms with Crippen LogP contribution in [0.5, 0.6) is 5.75 Å². The van der Waals surface area contributed by atoms with Gasteiger partial charge in [0.05, 0.1) is 0 Å². The lowest BCUT2D eigenvalue weighted by Gasteiger charge is -2.10. The highest BCUT2D eigenvalue weighted by Crippen LogP contribution is 2.31. The number of hydrogen-bond donors (Lipinski definition) is 0. The maximum Gasteiger partial charge on any atom is 0.335 e. The van der Waals surface area contributed by atoms with Gasteiger partial charge >= 0.3 is 5.97 Å². The minimum Gasteiger partial charge on any atom is -0.423 e. The van der Waals surface area contributed by atoms with Gasteiger partial charge in [-0.2, -0.15) is 0 Å². The average Bonchev–Trinajstić information content (AvgIpc) is 2.73. The second kappa shape index (κ2) is 8.78. The molecule has 0 aliphatic carbocycles. The summed E-state index contributed by atoms with van der Waals surface area (Å²) in [5.41, 5.74) is 4.29. The Morgan fingerprint density at radius 1 is 0.929 bits per heavy atom. The fourth-order valence-corrected chi connectivity index (χ4v) is 2.75. The molecule has 0 radical (unpaired) electrons. The molecule has 0 spiro atoms. The summed E-state index contributed by atoms with van der Waals surface area (Å²) in [4.78, 5) is 23.8. The van der Waals surface area contributed by atoms with Gasteiger partial charge < -0.3 is 4.74 Å². The molecule has 28 heavy (non-hydrogen) atoms. The molecule has 0 fully saturated rings. The van der Waals surface area contributed by atoms with Crippen LogP contribution in [0, 0.1) is 6.92 Å². The van der Waals surface area contributed by atoms with Gasteiger partial charge in [0.15, 0.2) is 5.78 Å². The molecule has 3 nitrogen and oxygen atoms in total. The van der Waals surface area contributed by atoms with E-state index in [0.29, 0.717) is 11.3 Å². The molecule has 0 N–H and O–H groups in total. The van der Waals surface area contributed by atoms with Crippen molar-refractivity contribution in [2.75, 3.05) is 0 Å². The number of carbonyl (C=O) groups is 2. The summed E-state index contributed by atoms with van der Waals surface area (Å²) in [6, 6.07) is 22.6. The minimum absolute atomic E-state index is 0.0400. The largest absolute Gasteiger partial charge is 0.423 e. The number of allylic oxidation sites excluding steroid dienone is 1. The summed E-state index contributed by atoms with van der Waals surface area (Å²) in [5, 5.41) is 0. The zero-order valence-electron chi connectivity index (χ0n) is 15.6. The lowest BCUT2D eigenvalue weighted by atomic mass is 10.0. The SMILES string of the molecule is C=CC(=O)Oc1cc(C)ccc1-c1ccc(C=CC(=O)c2ccccc2)cc1. The lowest BCUT2D eigenvalue weighted by Crippen LogP contribution is -2.04. The highest BCUT2D eigenvalue weighted by molar-refractivity contribution is 6.06. The van der Waals surface area contributed by atoms with Crippen LogP contribution in [0.1, 0.15) is 21.5 Å². The summed E-state index contributed by atoms with van der Waals surface area (Å²) < 4.78 is 5.37.